The van der Waals surface area contributed by atoms with Gasteiger partial charge < -0.3 is 5.73 Å². The summed E-state index contributed by atoms with van der Waals surface area (Å²) in [7, 11) is 0. The SMILES string of the molecule is CCCC(CCN)CCC(=O)c1cc(F)cc(F)c1. The van der Waals surface area contributed by atoms with E-state index in [1.54, 1.807) is 0 Å². The van der Waals surface area contributed by atoms with Crippen molar-refractivity contribution in [3.8, 4) is 0 Å². The van der Waals surface area contributed by atoms with Crippen molar-refractivity contribution in [3.63, 3.8) is 0 Å². The van der Waals surface area contributed by atoms with Crippen molar-refractivity contribution >= 4 is 5.78 Å². The highest BCUT2D eigenvalue weighted by Crippen LogP contribution is 2.19. The summed E-state index contributed by atoms with van der Waals surface area (Å²) in [6, 6.07) is 2.94. The summed E-state index contributed by atoms with van der Waals surface area (Å²) in [4.78, 5) is 11.9. The van der Waals surface area contributed by atoms with Crippen LogP contribution in [0.1, 0.15) is 49.4 Å². The molecule has 1 aromatic rings. The zero-order chi connectivity index (χ0) is 14.3. The van der Waals surface area contributed by atoms with Gasteiger partial charge in [-0.1, -0.05) is 19.8 Å². The van der Waals surface area contributed by atoms with Gasteiger partial charge in [0.2, 0.25) is 0 Å². The third-order valence-corrected chi connectivity index (χ3v) is 3.24. The minimum atomic E-state index is -0.713. The van der Waals surface area contributed by atoms with E-state index in [1.807, 2.05) is 0 Å². The van der Waals surface area contributed by atoms with E-state index >= 15 is 0 Å². The largest absolute Gasteiger partial charge is 0.330 e. The molecule has 2 N–H and O–H groups in total. The van der Waals surface area contributed by atoms with Gasteiger partial charge in [0.25, 0.3) is 0 Å². The second-order valence-electron chi connectivity index (χ2n) is 4.85. The van der Waals surface area contributed by atoms with Gasteiger partial charge in [0.1, 0.15) is 11.6 Å². The number of nitrogens with two attached hydrogens (primary N) is 1. The molecule has 1 aromatic carbocycles. The first-order valence-electron chi connectivity index (χ1n) is 6.76. The van der Waals surface area contributed by atoms with Crippen molar-refractivity contribution in [1.82, 2.24) is 0 Å². The molecule has 106 valence electrons. The van der Waals surface area contributed by atoms with Crippen molar-refractivity contribution in [2.24, 2.45) is 11.7 Å². The molecule has 0 fully saturated rings. The number of hydrogen-bond acceptors (Lipinski definition) is 2. The number of benzene rings is 1. The Morgan fingerprint density at radius 1 is 1.16 bits per heavy atom. The van der Waals surface area contributed by atoms with E-state index in [-0.39, 0.29) is 11.3 Å². The number of carbonyl (C=O) groups is 1. The maximum atomic E-state index is 13.0. The maximum absolute atomic E-state index is 13.0. The highest BCUT2D eigenvalue weighted by molar-refractivity contribution is 5.96. The number of hydrogen-bond donors (Lipinski definition) is 1. The predicted octanol–water partition coefficient (Wildman–Crippen LogP) is 3.69. The van der Waals surface area contributed by atoms with Crippen LogP contribution in [0.5, 0.6) is 0 Å². The van der Waals surface area contributed by atoms with Crippen LogP contribution in [0.3, 0.4) is 0 Å². The predicted molar refractivity (Wildman–Crippen MR) is 72.0 cm³/mol. The lowest BCUT2D eigenvalue weighted by Crippen LogP contribution is -2.11. The molecule has 2 nitrogen and oxygen atoms in total. The topological polar surface area (TPSA) is 43.1 Å². The van der Waals surface area contributed by atoms with Gasteiger partial charge in [-0.15, -0.1) is 0 Å². The fraction of sp³-hybridized carbons (Fsp3) is 0.533. The molecule has 1 rings (SSSR count). The monoisotopic (exact) mass is 269 g/mol. The summed E-state index contributed by atoms with van der Waals surface area (Å²) in [5.74, 6) is -1.22. The van der Waals surface area contributed by atoms with Crippen LogP contribution in [-0.2, 0) is 0 Å². The fourth-order valence-corrected chi connectivity index (χ4v) is 2.27. The summed E-state index contributed by atoms with van der Waals surface area (Å²) in [5, 5.41) is 0. The van der Waals surface area contributed by atoms with Crippen molar-refractivity contribution in [1.29, 1.82) is 0 Å². The average Bonchev–Trinajstić information content (AvgIpc) is 2.35. The molecule has 0 saturated heterocycles. The van der Waals surface area contributed by atoms with Gasteiger partial charge in [0.05, 0.1) is 0 Å². The standard InChI is InChI=1S/C15H21F2NO/c1-2-3-11(6-7-18)4-5-15(19)12-8-13(16)10-14(17)9-12/h8-11H,2-7,18H2,1H3. The molecular weight excluding hydrogens is 248 g/mol. The van der Waals surface area contributed by atoms with Gasteiger partial charge in [-0.2, -0.15) is 0 Å². The van der Waals surface area contributed by atoms with Crippen LogP contribution in [0.25, 0.3) is 0 Å². The molecule has 1 unspecified atom stereocenters. The third-order valence-electron chi connectivity index (χ3n) is 3.24. The van der Waals surface area contributed by atoms with Crippen LogP contribution in [0.4, 0.5) is 8.78 Å². The zero-order valence-corrected chi connectivity index (χ0v) is 11.3. The van der Waals surface area contributed by atoms with Gasteiger partial charge in [0, 0.05) is 18.1 Å². The van der Waals surface area contributed by atoms with Gasteiger partial charge in [-0.05, 0) is 37.4 Å². The number of ketones is 1. The lowest BCUT2D eigenvalue weighted by molar-refractivity contribution is 0.0971. The lowest BCUT2D eigenvalue weighted by Gasteiger charge is -2.14. The molecule has 0 spiro atoms. The average molecular weight is 269 g/mol. The normalized spacial score (nSPS) is 12.4. The van der Waals surface area contributed by atoms with E-state index in [0.717, 1.165) is 43.9 Å². The quantitative estimate of drug-likeness (QED) is 0.731. The first kappa shape index (κ1) is 15.8. The van der Waals surface area contributed by atoms with Crippen LogP contribution in [0.15, 0.2) is 18.2 Å². The van der Waals surface area contributed by atoms with E-state index in [4.69, 9.17) is 5.73 Å². The first-order chi connectivity index (χ1) is 9.06. The molecule has 1 atom stereocenters. The molecule has 0 radical (unpaired) electrons. The minimum Gasteiger partial charge on any atom is -0.330 e. The lowest BCUT2D eigenvalue weighted by atomic mass is 9.92. The molecule has 0 aliphatic heterocycles. The molecule has 0 aliphatic rings. The summed E-state index contributed by atoms with van der Waals surface area (Å²) >= 11 is 0. The number of Topliss-reactive ketones (excluding diaryl/α,β-unsaturated/α-hetero) is 1. The van der Waals surface area contributed by atoms with Gasteiger partial charge in [-0.3, -0.25) is 4.79 Å². The van der Waals surface area contributed by atoms with E-state index in [0.29, 0.717) is 18.9 Å². The Bertz CT molecular complexity index is 394. The van der Waals surface area contributed by atoms with Crippen LogP contribution >= 0.6 is 0 Å². The van der Waals surface area contributed by atoms with E-state index in [2.05, 4.69) is 6.92 Å². The van der Waals surface area contributed by atoms with Crippen LogP contribution in [-0.4, -0.2) is 12.3 Å². The molecule has 19 heavy (non-hydrogen) atoms. The van der Waals surface area contributed by atoms with Crippen molar-refractivity contribution in [2.45, 2.75) is 39.0 Å². The molecule has 0 amide bonds. The Kier molecular flexibility index (Phi) is 6.64. The van der Waals surface area contributed by atoms with Gasteiger partial charge in [0.15, 0.2) is 5.78 Å². The number of carbonyl (C=O) groups excluding carboxylic acids is 1. The van der Waals surface area contributed by atoms with Crippen LogP contribution in [0, 0.1) is 17.6 Å². The fourth-order valence-electron chi connectivity index (χ4n) is 2.27. The summed E-state index contributed by atoms with van der Waals surface area (Å²) in [6.07, 6.45) is 4.00. The van der Waals surface area contributed by atoms with Crippen LogP contribution in [0.2, 0.25) is 0 Å². The van der Waals surface area contributed by atoms with Gasteiger partial charge >= 0.3 is 0 Å². The third kappa shape index (κ3) is 5.47. The minimum absolute atomic E-state index is 0.112. The molecule has 0 heterocycles. The molecule has 0 saturated carbocycles. The highest BCUT2D eigenvalue weighted by atomic mass is 19.1. The Balaban J connectivity index is 2.58. The van der Waals surface area contributed by atoms with Crippen molar-refractivity contribution in [2.75, 3.05) is 6.54 Å². The Labute approximate surface area is 113 Å². The van der Waals surface area contributed by atoms with E-state index in [9.17, 15) is 13.6 Å². The molecular formula is C15H21F2NO. The Morgan fingerprint density at radius 2 is 1.79 bits per heavy atom. The summed E-state index contributed by atoms with van der Waals surface area (Å²) in [6.45, 7) is 2.70. The summed E-state index contributed by atoms with van der Waals surface area (Å²) in [5.41, 5.74) is 5.64. The molecule has 0 aliphatic carbocycles. The first-order valence-corrected chi connectivity index (χ1v) is 6.76. The smallest absolute Gasteiger partial charge is 0.163 e. The zero-order valence-electron chi connectivity index (χ0n) is 11.3. The Hall–Kier alpha value is -1.29. The highest BCUT2D eigenvalue weighted by Gasteiger charge is 2.13. The number of halogens is 2. The molecule has 0 bridgehead atoms. The van der Waals surface area contributed by atoms with Gasteiger partial charge in [-0.25, -0.2) is 8.78 Å². The van der Waals surface area contributed by atoms with Crippen LogP contribution < -0.4 is 5.73 Å². The Morgan fingerprint density at radius 3 is 2.32 bits per heavy atom. The van der Waals surface area contributed by atoms with Crippen molar-refractivity contribution < 1.29 is 13.6 Å². The van der Waals surface area contributed by atoms with E-state index in [1.165, 1.54) is 0 Å². The van der Waals surface area contributed by atoms with E-state index < -0.39 is 11.6 Å². The molecule has 4 heteroatoms. The molecule has 0 aromatic heterocycles. The number of rotatable bonds is 8. The van der Waals surface area contributed by atoms with Crippen molar-refractivity contribution in [3.05, 3.63) is 35.4 Å². The maximum Gasteiger partial charge on any atom is 0.163 e. The second-order valence-corrected chi connectivity index (χ2v) is 4.85. The summed E-state index contributed by atoms with van der Waals surface area (Å²) < 4.78 is 26.0. The second kappa shape index (κ2) is 8.00.